The van der Waals surface area contributed by atoms with Crippen LogP contribution in [0.2, 0.25) is 0 Å². The van der Waals surface area contributed by atoms with Crippen LogP contribution in [0, 0.1) is 0 Å². The lowest BCUT2D eigenvalue weighted by atomic mass is 10.2. The van der Waals surface area contributed by atoms with Gasteiger partial charge in [-0.2, -0.15) is 0 Å². The third-order valence-corrected chi connectivity index (χ3v) is 5.38. The summed E-state index contributed by atoms with van der Waals surface area (Å²) < 4.78 is 0. The Balaban J connectivity index is 1.29. The molecule has 3 N–H and O–H groups in total. The van der Waals surface area contributed by atoms with E-state index in [9.17, 15) is 4.79 Å². The van der Waals surface area contributed by atoms with Crippen molar-refractivity contribution in [2.75, 3.05) is 10.6 Å². The van der Waals surface area contributed by atoms with E-state index < -0.39 is 0 Å². The van der Waals surface area contributed by atoms with Crippen LogP contribution in [0.3, 0.4) is 0 Å². The molecule has 4 aromatic rings. The van der Waals surface area contributed by atoms with E-state index in [2.05, 4.69) is 30.6 Å². The van der Waals surface area contributed by atoms with Gasteiger partial charge in [-0.3, -0.25) is 9.78 Å². The predicted molar refractivity (Wildman–Crippen MR) is 117 cm³/mol. The van der Waals surface area contributed by atoms with E-state index >= 15 is 0 Å². The molecule has 1 fully saturated rings. The highest BCUT2D eigenvalue weighted by Gasteiger charge is 2.15. The first-order valence-corrected chi connectivity index (χ1v) is 10.2. The molecule has 0 radical (unpaired) electrons. The Bertz CT molecular complexity index is 1160. The Morgan fingerprint density at radius 3 is 2.70 bits per heavy atom. The van der Waals surface area contributed by atoms with Crippen molar-refractivity contribution < 1.29 is 4.79 Å². The van der Waals surface area contributed by atoms with Crippen LogP contribution in [0.15, 0.2) is 60.9 Å². The molecule has 1 amide bonds. The molecule has 1 aromatic carbocycles. The lowest BCUT2D eigenvalue weighted by Crippen LogP contribution is -2.16. The molecule has 0 unspecified atom stereocenters. The lowest BCUT2D eigenvalue weighted by Gasteiger charge is -2.12. The number of anilines is 2. The second-order valence-corrected chi connectivity index (χ2v) is 7.54. The topological polar surface area (TPSA) is 95.6 Å². The Morgan fingerprint density at radius 1 is 1.03 bits per heavy atom. The highest BCUT2D eigenvalue weighted by molar-refractivity contribution is 6.04. The minimum absolute atomic E-state index is 0.196. The van der Waals surface area contributed by atoms with Gasteiger partial charge in [0.15, 0.2) is 5.82 Å². The minimum atomic E-state index is -0.196. The number of hydrogen-bond donors (Lipinski definition) is 3. The predicted octanol–water partition coefficient (Wildman–Crippen LogP) is 4.63. The Labute approximate surface area is 174 Å². The number of benzene rings is 1. The van der Waals surface area contributed by atoms with Crippen molar-refractivity contribution in [1.29, 1.82) is 0 Å². The second-order valence-electron chi connectivity index (χ2n) is 7.54. The number of hydrogen-bond acceptors (Lipinski definition) is 5. The van der Waals surface area contributed by atoms with Gasteiger partial charge in [-0.25, -0.2) is 9.97 Å². The van der Waals surface area contributed by atoms with E-state index in [-0.39, 0.29) is 5.91 Å². The molecule has 30 heavy (non-hydrogen) atoms. The normalized spacial score (nSPS) is 14.1. The maximum absolute atomic E-state index is 12.6. The molecule has 0 atom stereocenters. The number of H-pyrrole nitrogens is 1. The largest absolute Gasteiger partial charge is 0.367 e. The van der Waals surface area contributed by atoms with Crippen LogP contribution in [0.4, 0.5) is 11.5 Å². The van der Waals surface area contributed by atoms with Crippen LogP contribution in [-0.2, 0) is 0 Å². The van der Waals surface area contributed by atoms with Gasteiger partial charge in [0.05, 0.1) is 16.6 Å². The number of nitrogens with one attached hydrogen (secondary N) is 3. The van der Waals surface area contributed by atoms with Crippen molar-refractivity contribution in [3.63, 3.8) is 0 Å². The zero-order valence-corrected chi connectivity index (χ0v) is 16.4. The summed E-state index contributed by atoms with van der Waals surface area (Å²) in [6.07, 6.45) is 8.24. The molecule has 3 heterocycles. The quantitative estimate of drug-likeness (QED) is 0.456. The fourth-order valence-electron chi connectivity index (χ4n) is 3.81. The SMILES string of the molecule is O=C(Nc1ccc2nc(-c3ccccn3)[nH]c2c1)c1ccc(NC2CCCC2)nc1. The average Bonchev–Trinajstić information content (AvgIpc) is 3.44. The number of pyridine rings is 2. The monoisotopic (exact) mass is 398 g/mol. The number of amides is 1. The number of aromatic amines is 1. The number of imidazole rings is 1. The highest BCUT2D eigenvalue weighted by atomic mass is 16.1. The molecule has 7 nitrogen and oxygen atoms in total. The van der Waals surface area contributed by atoms with Gasteiger partial charge in [-0.05, 0) is 55.3 Å². The number of aromatic nitrogens is 4. The molecule has 0 saturated heterocycles. The van der Waals surface area contributed by atoms with E-state index in [0.717, 1.165) is 22.5 Å². The molecule has 1 saturated carbocycles. The zero-order valence-electron chi connectivity index (χ0n) is 16.4. The first-order chi connectivity index (χ1) is 14.7. The van der Waals surface area contributed by atoms with Gasteiger partial charge in [-0.1, -0.05) is 18.9 Å². The van der Waals surface area contributed by atoms with Gasteiger partial charge < -0.3 is 15.6 Å². The Morgan fingerprint density at radius 2 is 1.93 bits per heavy atom. The van der Waals surface area contributed by atoms with Crippen LogP contribution in [0.1, 0.15) is 36.0 Å². The van der Waals surface area contributed by atoms with Crippen molar-refractivity contribution in [3.8, 4) is 11.5 Å². The van der Waals surface area contributed by atoms with E-state index in [0.29, 0.717) is 23.1 Å². The fourth-order valence-corrected chi connectivity index (χ4v) is 3.81. The van der Waals surface area contributed by atoms with Crippen LogP contribution >= 0.6 is 0 Å². The number of carbonyl (C=O) groups excluding carboxylic acids is 1. The molecule has 7 heteroatoms. The minimum Gasteiger partial charge on any atom is -0.367 e. The first kappa shape index (κ1) is 18.3. The molecule has 3 aromatic heterocycles. The van der Waals surface area contributed by atoms with E-state index in [1.165, 1.54) is 25.7 Å². The summed E-state index contributed by atoms with van der Waals surface area (Å²) in [5.41, 5.74) is 3.64. The Kier molecular flexibility index (Phi) is 4.85. The molecule has 0 spiro atoms. The summed E-state index contributed by atoms with van der Waals surface area (Å²) in [7, 11) is 0. The van der Waals surface area contributed by atoms with E-state index in [1.54, 1.807) is 18.5 Å². The number of fused-ring (bicyclic) bond motifs is 1. The number of carbonyl (C=O) groups is 1. The fraction of sp³-hybridized carbons (Fsp3) is 0.217. The summed E-state index contributed by atoms with van der Waals surface area (Å²) in [5, 5.41) is 6.36. The van der Waals surface area contributed by atoms with Gasteiger partial charge in [0.25, 0.3) is 5.91 Å². The van der Waals surface area contributed by atoms with Crippen LogP contribution in [0.25, 0.3) is 22.6 Å². The smallest absolute Gasteiger partial charge is 0.257 e. The summed E-state index contributed by atoms with van der Waals surface area (Å²) in [4.78, 5) is 29.2. The zero-order chi connectivity index (χ0) is 20.3. The van der Waals surface area contributed by atoms with Crippen molar-refractivity contribution in [2.24, 2.45) is 0 Å². The van der Waals surface area contributed by atoms with Crippen molar-refractivity contribution in [2.45, 2.75) is 31.7 Å². The third-order valence-electron chi connectivity index (χ3n) is 5.38. The van der Waals surface area contributed by atoms with Gasteiger partial charge in [0.2, 0.25) is 0 Å². The second kappa shape index (κ2) is 7.94. The average molecular weight is 398 g/mol. The standard InChI is InChI=1S/C23H22N6O/c30-23(15-8-11-21(25-14-15)26-16-5-1-2-6-16)27-17-9-10-18-20(13-17)29-22(28-18)19-7-3-4-12-24-19/h3-4,7-14,16H,1-2,5-6H2,(H,25,26)(H,27,30)(H,28,29). The molecule has 0 bridgehead atoms. The maximum atomic E-state index is 12.6. The molecule has 150 valence electrons. The van der Waals surface area contributed by atoms with E-state index in [4.69, 9.17) is 0 Å². The van der Waals surface area contributed by atoms with Crippen LogP contribution < -0.4 is 10.6 Å². The molecular weight excluding hydrogens is 376 g/mol. The maximum Gasteiger partial charge on any atom is 0.257 e. The summed E-state index contributed by atoms with van der Waals surface area (Å²) in [6.45, 7) is 0. The molecule has 5 rings (SSSR count). The first-order valence-electron chi connectivity index (χ1n) is 10.2. The lowest BCUT2D eigenvalue weighted by molar-refractivity contribution is 0.102. The van der Waals surface area contributed by atoms with Gasteiger partial charge in [0.1, 0.15) is 11.5 Å². The van der Waals surface area contributed by atoms with Crippen LogP contribution in [-0.4, -0.2) is 31.9 Å². The molecular formula is C23H22N6O. The number of nitrogens with zero attached hydrogens (tertiary/aromatic N) is 3. The van der Waals surface area contributed by atoms with Crippen molar-refractivity contribution in [1.82, 2.24) is 19.9 Å². The third kappa shape index (κ3) is 3.87. The van der Waals surface area contributed by atoms with Crippen molar-refractivity contribution >= 4 is 28.4 Å². The highest BCUT2D eigenvalue weighted by Crippen LogP contribution is 2.23. The van der Waals surface area contributed by atoms with Gasteiger partial charge in [0, 0.05) is 24.1 Å². The number of rotatable bonds is 5. The summed E-state index contributed by atoms with van der Waals surface area (Å²) in [5.74, 6) is 1.32. The van der Waals surface area contributed by atoms with Crippen LogP contribution in [0.5, 0.6) is 0 Å². The van der Waals surface area contributed by atoms with Crippen molar-refractivity contribution in [3.05, 3.63) is 66.5 Å². The van der Waals surface area contributed by atoms with E-state index in [1.807, 2.05) is 42.5 Å². The Hall–Kier alpha value is -3.74. The summed E-state index contributed by atoms with van der Waals surface area (Å²) in [6, 6.07) is 15.4. The molecule has 1 aliphatic carbocycles. The summed E-state index contributed by atoms with van der Waals surface area (Å²) >= 11 is 0. The van der Waals surface area contributed by atoms with Gasteiger partial charge >= 0.3 is 0 Å². The van der Waals surface area contributed by atoms with Gasteiger partial charge in [-0.15, -0.1) is 0 Å². The molecule has 0 aliphatic heterocycles. The molecule has 1 aliphatic rings.